The fourth-order valence-electron chi connectivity index (χ4n) is 1.45. The lowest BCUT2D eigenvalue weighted by Gasteiger charge is -2.04. The SMILES string of the molecule is CCOC(=O)c1nc2scc(C(F)(F)F)c2c(=O)[nH]1. The third kappa shape index (κ3) is 2.46. The molecule has 0 fully saturated rings. The van der Waals surface area contributed by atoms with Crippen molar-refractivity contribution < 1.29 is 22.7 Å². The molecule has 0 aliphatic rings. The van der Waals surface area contributed by atoms with Crippen molar-refractivity contribution in [1.29, 1.82) is 0 Å². The zero-order chi connectivity index (χ0) is 14.2. The van der Waals surface area contributed by atoms with Gasteiger partial charge in [0.05, 0.1) is 17.6 Å². The highest BCUT2D eigenvalue weighted by molar-refractivity contribution is 7.16. The molecule has 0 aliphatic carbocycles. The number of nitrogens with one attached hydrogen (secondary N) is 1. The van der Waals surface area contributed by atoms with Gasteiger partial charge < -0.3 is 9.72 Å². The molecular weight excluding hydrogens is 285 g/mol. The summed E-state index contributed by atoms with van der Waals surface area (Å²) in [4.78, 5) is 28.5. The molecule has 0 atom stereocenters. The van der Waals surface area contributed by atoms with Crippen LogP contribution in [0.5, 0.6) is 0 Å². The van der Waals surface area contributed by atoms with E-state index in [4.69, 9.17) is 0 Å². The van der Waals surface area contributed by atoms with Gasteiger partial charge in [-0.25, -0.2) is 9.78 Å². The first kappa shape index (κ1) is 13.5. The highest BCUT2D eigenvalue weighted by atomic mass is 32.1. The molecule has 0 bridgehead atoms. The predicted molar refractivity (Wildman–Crippen MR) is 61.2 cm³/mol. The van der Waals surface area contributed by atoms with Crippen LogP contribution in [-0.2, 0) is 10.9 Å². The number of alkyl halides is 3. The first-order valence-electron chi connectivity index (χ1n) is 5.10. The summed E-state index contributed by atoms with van der Waals surface area (Å²) in [5.41, 5.74) is -2.07. The average molecular weight is 292 g/mol. The normalized spacial score (nSPS) is 11.8. The number of thiophene rings is 1. The van der Waals surface area contributed by atoms with Gasteiger partial charge in [0.25, 0.3) is 5.56 Å². The Morgan fingerprint density at radius 2 is 2.21 bits per heavy atom. The first-order valence-corrected chi connectivity index (χ1v) is 5.98. The van der Waals surface area contributed by atoms with Gasteiger partial charge in [0, 0.05) is 5.38 Å². The molecule has 0 radical (unpaired) electrons. The molecule has 102 valence electrons. The van der Waals surface area contributed by atoms with Crippen molar-refractivity contribution in [3.8, 4) is 0 Å². The number of fused-ring (bicyclic) bond motifs is 1. The van der Waals surface area contributed by atoms with E-state index < -0.39 is 34.5 Å². The van der Waals surface area contributed by atoms with Crippen molar-refractivity contribution in [3.05, 3.63) is 27.1 Å². The Kier molecular flexibility index (Phi) is 3.31. The Hall–Kier alpha value is -1.90. The van der Waals surface area contributed by atoms with E-state index in [2.05, 4.69) is 9.72 Å². The summed E-state index contributed by atoms with van der Waals surface area (Å²) in [6.07, 6.45) is -4.64. The lowest BCUT2D eigenvalue weighted by molar-refractivity contribution is -0.136. The molecule has 2 aromatic rings. The highest BCUT2D eigenvalue weighted by Gasteiger charge is 2.35. The number of H-pyrrole nitrogens is 1. The van der Waals surface area contributed by atoms with E-state index in [1.54, 1.807) is 6.92 Å². The maximum Gasteiger partial charge on any atom is 0.418 e. The zero-order valence-corrected chi connectivity index (χ0v) is 10.3. The van der Waals surface area contributed by atoms with Crippen LogP contribution < -0.4 is 5.56 Å². The molecule has 9 heteroatoms. The number of carbonyl (C=O) groups excluding carboxylic acids is 1. The maximum atomic E-state index is 12.6. The van der Waals surface area contributed by atoms with Crippen LogP contribution in [0.4, 0.5) is 13.2 Å². The average Bonchev–Trinajstić information content (AvgIpc) is 2.73. The highest BCUT2D eigenvalue weighted by Crippen LogP contribution is 2.35. The van der Waals surface area contributed by atoms with E-state index in [1.807, 2.05) is 4.98 Å². The number of halogens is 3. The molecule has 0 saturated carbocycles. The van der Waals surface area contributed by atoms with Crippen LogP contribution in [0.2, 0.25) is 0 Å². The molecule has 0 spiro atoms. The Bertz CT molecular complexity index is 689. The van der Waals surface area contributed by atoms with E-state index in [0.29, 0.717) is 11.3 Å². The van der Waals surface area contributed by atoms with Crippen molar-refractivity contribution in [1.82, 2.24) is 9.97 Å². The standard InChI is InChI=1S/C10H7F3N2O3S/c1-2-18-9(17)6-14-7(16)5-4(10(11,12)13)3-19-8(5)15-6/h3H,2H2,1H3,(H,14,15,16). The number of hydrogen-bond donors (Lipinski definition) is 1. The lowest BCUT2D eigenvalue weighted by Crippen LogP contribution is -2.19. The largest absolute Gasteiger partial charge is 0.460 e. The lowest BCUT2D eigenvalue weighted by atomic mass is 10.2. The quantitative estimate of drug-likeness (QED) is 0.861. The number of aromatic amines is 1. The molecule has 2 aromatic heterocycles. The van der Waals surface area contributed by atoms with Gasteiger partial charge in [0.15, 0.2) is 0 Å². The van der Waals surface area contributed by atoms with Crippen molar-refractivity contribution in [2.75, 3.05) is 6.61 Å². The predicted octanol–water partition coefficient (Wildman–Crippen LogP) is 2.18. The minimum Gasteiger partial charge on any atom is -0.460 e. The molecule has 1 N–H and O–H groups in total. The summed E-state index contributed by atoms with van der Waals surface area (Å²) in [5, 5.41) is 0.229. The summed E-state index contributed by atoms with van der Waals surface area (Å²) in [5.74, 6) is -1.29. The van der Waals surface area contributed by atoms with Gasteiger partial charge in [-0.2, -0.15) is 13.2 Å². The van der Waals surface area contributed by atoms with E-state index in [0.717, 1.165) is 5.38 Å². The van der Waals surface area contributed by atoms with Crippen molar-refractivity contribution in [2.24, 2.45) is 0 Å². The summed E-state index contributed by atoms with van der Waals surface area (Å²) in [6, 6.07) is 0. The molecule has 0 aromatic carbocycles. The summed E-state index contributed by atoms with van der Waals surface area (Å²) in [7, 11) is 0. The van der Waals surface area contributed by atoms with Crippen molar-refractivity contribution in [3.63, 3.8) is 0 Å². The summed E-state index contributed by atoms with van der Waals surface area (Å²) >= 11 is 0.646. The Balaban J connectivity index is 2.62. The Morgan fingerprint density at radius 1 is 1.53 bits per heavy atom. The smallest absolute Gasteiger partial charge is 0.418 e. The van der Waals surface area contributed by atoms with Crippen LogP contribution in [0.15, 0.2) is 10.2 Å². The van der Waals surface area contributed by atoms with Gasteiger partial charge in [-0.15, -0.1) is 11.3 Å². The second kappa shape index (κ2) is 4.65. The molecule has 2 rings (SSSR count). The summed E-state index contributed by atoms with van der Waals surface area (Å²) < 4.78 is 42.6. The van der Waals surface area contributed by atoms with Gasteiger partial charge in [0.1, 0.15) is 4.83 Å². The molecule has 0 aliphatic heterocycles. The number of nitrogens with zero attached hydrogens (tertiary/aromatic N) is 1. The van der Waals surface area contributed by atoms with Crippen LogP contribution in [0, 0.1) is 0 Å². The summed E-state index contributed by atoms with van der Waals surface area (Å²) in [6.45, 7) is 1.63. The Labute approximate surface area is 108 Å². The molecule has 19 heavy (non-hydrogen) atoms. The second-order valence-electron chi connectivity index (χ2n) is 3.46. The number of ether oxygens (including phenoxy) is 1. The Morgan fingerprint density at radius 3 is 2.79 bits per heavy atom. The van der Waals surface area contributed by atoms with Gasteiger partial charge >= 0.3 is 12.1 Å². The minimum atomic E-state index is -4.64. The van der Waals surface area contributed by atoms with Crippen LogP contribution in [0.3, 0.4) is 0 Å². The van der Waals surface area contributed by atoms with E-state index >= 15 is 0 Å². The second-order valence-corrected chi connectivity index (χ2v) is 4.32. The van der Waals surface area contributed by atoms with E-state index in [-0.39, 0.29) is 11.4 Å². The van der Waals surface area contributed by atoms with Crippen LogP contribution in [-0.4, -0.2) is 22.5 Å². The fraction of sp³-hybridized carbons (Fsp3) is 0.300. The minimum absolute atomic E-state index is 0.0683. The van der Waals surface area contributed by atoms with Crippen LogP contribution in [0.1, 0.15) is 23.1 Å². The monoisotopic (exact) mass is 292 g/mol. The number of esters is 1. The van der Waals surface area contributed by atoms with Crippen molar-refractivity contribution in [2.45, 2.75) is 13.1 Å². The van der Waals surface area contributed by atoms with Gasteiger partial charge in [-0.1, -0.05) is 0 Å². The third-order valence-corrected chi connectivity index (χ3v) is 3.09. The van der Waals surface area contributed by atoms with Crippen molar-refractivity contribution >= 4 is 27.5 Å². The number of aromatic nitrogens is 2. The molecule has 0 amide bonds. The zero-order valence-electron chi connectivity index (χ0n) is 9.50. The van der Waals surface area contributed by atoms with Crippen LogP contribution >= 0.6 is 11.3 Å². The van der Waals surface area contributed by atoms with Gasteiger partial charge in [-0.05, 0) is 6.92 Å². The van der Waals surface area contributed by atoms with Gasteiger partial charge in [0.2, 0.25) is 5.82 Å². The number of carbonyl (C=O) groups is 1. The topological polar surface area (TPSA) is 72.0 Å². The molecule has 0 unspecified atom stereocenters. The first-order chi connectivity index (χ1) is 8.84. The molecular formula is C10H7F3N2O3S. The van der Waals surface area contributed by atoms with Gasteiger partial charge in [-0.3, -0.25) is 4.79 Å². The number of rotatable bonds is 2. The van der Waals surface area contributed by atoms with E-state index in [1.165, 1.54) is 0 Å². The van der Waals surface area contributed by atoms with Crippen LogP contribution in [0.25, 0.3) is 10.2 Å². The molecule has 5 nitrogen and oxygen atoms in total. The molecule has 0 saturated heterocycles. The maximum absolute atomic E-state index is 12.6. The van der Waals surface area contributed by atoms with E-state index in [9.17, 15) is 22.8 Å². The number of hydrogen-bond acceptors (Lipinski definition) is 5. The molecule has 2 heterocycles. The fourth-order valence-corrected chi connectivity index (χ4v) is 2.40. The third-order valence-electron chi connectivity index (χ3n) is 2.22.